The number of nitrogens with one attached hydrogen (secondary N) is 1. The summed E-state index contributed by atoms with van der Waals surface area (Å²) in [6, 6.07) is 18.4. The molecule has 0 radical (unpaired) electrons. The number of anilines is 2. The van der Waals surface area contributed by atoms with Crippen molar-refractivity contribution in [3.05, 3.63) is 71.5 Å². The Morgan fingerprint density at radius 2 is 1.70 bits per heavy atom. The summed E-state index contributed by atoms with van der Waals surface area (Å²) in [5, 5.41) is 7.68. The van der Waals surface area contributed by atoms with Gasteiger partial charge in [0.25, 0.3) is 0 Å². The van der Waals surface area contributed by atoms with Crippen molar-refractivity contribution in [3.8, 4) is 5.69 Å². The fraction of sp³-hybridized carbons (Fsp3) is 0.333. The van der Waals surface area contributed by atoms with Crippen LogP contribution in [-0.4, -0.2) is 47.8 Å². The molecule has 158 valence electrons. The second-order valence-electron chi connectivity index (χ2n) is 7.71. The molecular weight excluding hydrogens is 374 g/mol. The lowest BCUT2D eigenvalue weighted by molar-refractivity contribution is -0.117. The molecule has 0 aliphatic heterocycles. The number of rotatable bonds is 8. The molecule has 0 aliphatic rings. The van der Waals surface area contributed by atoms with Crippen molar-refractivity contribution >= 4 is 17.3 Å². The number of para-hydroxylation sites is 1. The normalized spacial score (nSPS) is 11.0. The van der Waals surface area contributed by atoms with Crippen molar-refractivity contribution < 1.29 is 4.79 Å². The minimum atomic E-state index is -0.0272. The van der Waals surface area contributed by atoms with E-state index in [2.05, 4.69) is 51.4 Å². The summed E-state index contributed by atoms with van der Waals surface area (Å²) in [4.78, 5) is 17.0. The topological polar surface area (TPSA) is 53.4 Å². The predicted octanol–water partition coefficient (Wildman–Crippen LogP) is 4.02. The molecule has 0 saturated heterocycles. The van der Waals surface area contributed by atoms with Gasteiger partial charge in [-0.15, -0.1) is 0 Å². The van der Waals surface area contributed by atoms with Gasteiger partial charge in [-0.1, -0.05) is 37.3 Å². The lowest BCUT2D eigenvalue weighted by Crippen LogP contribution is -2.33. The zero-order valence-corrected chi connectivity index (χ0v) is 18.5. The lowest BCUT2D eigenvalue weighted by atomic mass is 10.2. The SMILES string of the molecule is CCN(CC(=O)Nc1c(C)nn(-c2ccccc2)c1C)Cc1ccc(N(C)C)cc1. The zero-order chi connectivity index (χ0) is 21.7. The number of carbonyl (C=O) groups excluding carboxylic acids is 1. The smallest absolute Gasteiger partial charge is 0.238 e. The summed E-state index contributed by atoms with van der Waals surface area (Å²) in [6.45, 7) is 7.84. The van der Waals surface area contributed by atoms with Crippen LogP contribution in [0.4, 0.5) is 11.4 Å². The number of likely N-dealkylation sites (N-methyl/N-ethyl adjacent to an activating group) is 1. The van der Waals surface area contributed by atoms with Crippen LogP contribution in [0.2, 0.25) is 0 Å². The fourth-order valence-corrected chi connectivity index (χ4v) is 3.46. The standard InChI is InChI=1S/C24H31N5O/c1-6-28(16-20-12-14-21(15-13-20)27(4)5)17-23(30)25-24-18(2)26-29(19(24)3)22-10-8-7-9-11-22/h7-15H,6,16-17H2,1-5H3,(H,25,30). The Hall–Kier alpha value is -3.12. The van der Waals surface area contributed by atoms with Crippen LogP contribution in [0.5, 0.6) is 0 Å². The minimum Gasteiger partial charge on any atom is -0.378 e. The van der Waals surface area contributed by atoms with E-state index in [-0.39, 0.29) is 5.91 Å². The Morgan fingerprint density at radius 3 is 2.30 bits per heavy atom. The van der Waals surface area contributed by atoms with Gasteiger partial charge in [-0.05, 0) is 50.2 Å². The first-order valence-electron chi connectivity index (χ1n) is 10.3. The molecule has 3 aromatic rings. The van der Waals surface area contributed by atoms with E-state index in [1.807, 2.05) is 63.0 Å². The maximum atomic E-state index is 12.8. The highest BCUT2D eigenvalue weighted by atomic mass is 16.2. The molecule has 2 aromatic carbocycles. The molecule has 0 aliphatic carbocycles. The zero-order valence-electron chi connectivity index (χ0n) is 18.5. The van der Waals surface area contributed by atoms with Crippen molar-refractivity contribution in [3.63, 3.8) is 0 Å². The van der Waals surface area contributed by atoms with Gasteiger partial charge in [0.15, 0.2) is 0 Å². The van der Waals surface area contributed by atoms with Crippen LogP contribution in [0.1, 0.15) is 23.9 Å². The third kappa shape index (κ3) is 5.07. The Bertz CT molecular complexity index is 977. The number of hydrogen-bond donors (Lipinski definition) is 1. The van der Waals surface area contributed by atoms with E-state index in [0.29, 0.717) is 6.54 Å². The van der Waals surface area contributed by atoms with Crippen molar-refractivity contribution in [1.82, 2.24) is 14.7 Å². The number of hydrogen-bond acceptors (Lipinski definition) is 4. The van der Waals surface area contributed by atoms with Crippen LogP contribution in [0.15, 0.2) is 54.6 Å². The monoisotopic (exact) mass is 405 g/mol. The molecular formula is C24H31N5O. The fourth-order valence-electron chi connectivity index (χ4n) is 3.46. The van der Waals surface area contributed by atoms with Crippen molar-refractivity contribution in [2.24, 2.45) is 0 Å². The quantitative estimate of drug-likeness (QED) is 0.615. The van der Waals surface area contributed by atoms with Gasteiger partial charge in [0, 0.05) is 26.3 Å². The molecule has 1 N–H and O–H groups in total. The highest BCUT2D eigenvalue weighted by Gasteiger charge is 2.17. The molecule has 30 heavy (non-hydrogen) atoms. The van der Waals surface area contributed by atoms with Gasteiger partial charge in [0.1, 0.15) is 0 Å². The highest BCUT2D eigenvalue weighted by Crippen LogP contribution is 2.23. The molecule has 0 saturated carbocycles. The minimum absolute atomic E-state index is 0.0272. The number of benzene rings is 2. The molecule has 3 rings (SSSR count). The molecule has 6 nitrogen and oxygen atoms in total. The molecule has 0 fully saturated rings. The molecule has 0 spiro atoms. The van der Waals surface area contributed by atoms with E-state index in [4.69, 9.17) is 0 Å². The van der Waals surface area contributed by atoms with E-state index < -0.39 is 0 Å². The molecule has 0 unspecified atom stereocenters. The van der Waals surface area contributed by atoms with Crippen LogP contribution in [0.3, 0.4) is 0 Å². The second-order valence-corrected chi connectivity index (χ2v) is 7.71. The van der Waals surface area contributed by atoms with Gasteiger partial charge in [-0.25, -0.2) is 4.68 Å². The number of amides is 1. The molecule has 0 bridgehead atoms. The van der Waals surface area contributed by atoms with Gasteiger partial charge in [0.05, 0.1) is 29.3 Å². The number of nitrogens with zero attached hydrogens (tertiary/aromatic N) is 4. The lowest BCUT2D eigenvalue weighted by Gasteiger charge is -2.21. The summed E-state index contributed by atoms with van der Waals surface area (Å²) in [5.74, 6) is -0.0272. The summed E-state index contributed by atoms with van der Waals surface area (Å²) in [6.07, 6.45) is 0. The van der Waals surface area contributed by atoms with Gasteiger partial charge >= 0.3 is 0 Å². The summed E-state index contributed by atoms with van der Waals surface area (Å²) in [7, 11) is 4.06. The first-order chi connectivity index (χ1) is 14.4. The largest absolute Gasteiger partial charge is 0.378 e. The Kier molecular flexibility index (Phi) is 6.90. The number of aromatic nitrogens is 2. The van der Waals surface area contributed by atoms with Crippen LogP contribution in [0, 0.1) is 13.8 Å². The van der Waals surface area contributed by atoms with Gasteiger partial charge in [0.2, 0.25) is 5.91 Å². The second kappa shape index (κ2) is 9.59. The molecule has 1 amide bonds. The molecule has 1 aromatic heterocycles. The Labute approximate surface area is 179 Å². The van der Waals surface area contributed by atoms with Crippen LogP contribution in [-0.2, 0) is 11.3 Å². The van der Waals surface area contributed by atoms with E-state index in [9.17, 15) is 4.79 Å². The van der Waals surface area contributed by atoms with E-state index >= 15 is 0 Å². The predicted molar refractivity (Wildman–Crippen MR) is 123 cm³/mol. The van der Waals surface area contributed by atoms with Crippen molar-refractivity contribution in [1.29, 1.82) is 0 Å². The number of carbonyl (C=O) groups is 1. The first-order valence-corrected chi connectivity index (χ1v) is 10.3. The van der Waals surface area contributed by atoms with Gasteiger partial charge < -0.3 is 10.2 Å². The molecule has 0 atom stereocenters. The molecule has 1 heterocycles. The van der Waals surface area contributed by atoms with E-state index in [1.165, 1.54) is 11.3 Å². The van der Waals surface area contributed by atoms with Crippen molar-refractivity contribution in [2.75, 3.05) is 37.4 Å². The summed E-state index contributed by atoms with van der Waals surface area (Å²) < 4.78 is 1.87. The van der Waals surface area contributed by atoms with Gasteiger partial charge in [-0.2, -0.15) is 5.10 Å². The van der Waals surface area contributed by atoms with E-state index in [1.54, 1.807) is 0 Å². The third-order valence-electron chi connectivity index (χ3n) is 5.23. The van der Waals surface area contributed by atoms with Crippen LogP contribution in [0.25, 0.3) is 5.69 Å². The summed E-state index contributed by atoms with van der Waals surface area (Å²) >= 11 is 0. The average Bonchev–Trinajstić information content (AvgIpc) is 3.02. The molecule has 6 heteroatoms. The summed E-state index contributed by atoms with van der Waals surface area (Å²) in [5.41, 5.74) is 5.87. The maximum Gasteiger partial charge on any atom is 0.238 e. The Morgan fingerprint density at radius 1 is 1.03 bits per heavy atom. The third-order valence-corrected chi connectivity index (χ3v) is 5.23. The van der Waals surface area contributed by atoms with Crippen LogP contribution < -0.4 is 10.2 Å². The average molecular weight is 406 g/mol. The van der Waals surface area contributed by atoms with Crippen molar-refractivity contribution in [2.45, 2.75) is 27.3 Å². The first kappa shape index (κ1) is 21.6. The van der Waals surface area contributed by atoms with Crippen LogP contribution >= 0.6 is 0 Å². The van der Waals surface area contributed by atoms with Gasteiger partial charge in [-0.3, -0.25) is 9.69 Å². The van der Waals surface area contributed by atoms with E-state index in [0.717, 1.165) is 35.9 Å². The number of aryl methyl sites for hydroxylation is 1. The highest BCUT2D eigenvalue weighted by molar-refractivity contribution is 5.93. The maximum absolute atomic E-state index is 12.8. The Balaban J connectivity index is 1.66.